The number of ketones is 1. The van der Waals surface area contributed by atoms with Crippen molar-refractivity contribution in [3.05, 3.63) is 35.9 Å². The largest absolute Gasteiger partial charge is 0.342 e. The van der Waals surface area contributed by atoms with Crippen molar-refractivity contribution in [1.82, 2.24) is 9.80 Å². The molecule has 1 aromatic carbocycles. The Labute approximate surface area is 168 Å². The normalized spacial score (nSPS) is 19.5. The van der Waals surface area contributed by atoms with Crippen LogP contribution < -0.4 is 0 Å². The van der Waals surface area contributed by atoms with Crippen molar-refractivity contribution in [2.75, 3.05) is 26.2 Å². The van der Waals surface area contributed by atoms with Gasteiger partial charge in [0.1, 0.15) is 0 Å². The summed E-state index contributed by atoms with van der Waals surface area (Å²) < 4.78 is 0. The SMILES string of the molecule is CC(C)(C)C(=O)N1CCC(C(=O)N2CCC(C(=O)c3ccccc3)CC2)CC1. The van der Waals surface area contributed by atoms with Gasteiger partial charge in [-0.25, -0.2) is 0 Å². The van der Waals surface area contributed by atoms with Gasteiger partial charge < -0.3 is 9.80 Å². The number of piperidine rings is 2. The molecule has 152 valence electrons. The van der Waals surface area contributed by atoms with E-state index in [0.717, 1.165) is 31.2 Å². The monoisotopic (exact) mass is 384 g/mol. The Bertz CT molecular complexity index is 707. The predicted molar refractivity (Wildman–Crippen MR) is 109 cm³/mol. The van der Waals surface area contributed by atoms with Crippen LogP contribution in [0.15, 0.2) is 30.3 Å². The molecule has 2 fully saturated rings. The predicted octanol–water partition coefficient (Wildman–Crippen LogP) is 3.39. The number of carbonyl (C=O) groups excluding carboxylic acids is 3. The van der Waals surface area contributed by atoms with Crippen molar-refractivity contribution in [2.24, 2.45) is 17.3 Å². The Morgan fingerprint density at radius 2 is 1.29 bits per heavy atom. The minimum atomic E-state index is -0.371. The van der Waals surface area contributed by atoms with E-state index >= 15 is 0 Å². The first-order chi connectivity index (χ1) is 13.3. The van der Waals surface area contributed by atoms with E-state index in [1.54, 1.807) is 0 Å². The number of carbonyl (C=O) groups is 3. The molecule has 0 atom stereocenters. The molecule has 2 heterocycles. The van der Waals surface area contributed by atoms with Gasteiger partial charge in [-0.3, -0.25) is 14.4 Å². The molecule has 0 aromatic heterocycles. The van der Waals surface area contributed by atoms with Crippen molar-refractivity contribution in [3.8, 4) is 0 Å². The summed E-state index contributed by atoms with van der Waals surface area (Å²) in [6, 6.07) is 9.43. The molecule has 0 saturated carbocycles. The lowest BCUT2D eigenvalue weighted by Crippen LogP contribution is -2.49. The van der Waals surface area contributed by atoms with E-state index in [1.807, 2.05) is 60.9 Å². The van der Waals surface area contributed by atoms with Crippen LogP contribution in [-0.4, -0.2) is 53.6 Å². The summed E-state index contributed by atoms with van der Waals surface area (Å²) in [6.07, 6.45) is 2.95. The van der Waals surface area contributed by atoms with Crippen LogP contribution >= 0.6 is 0 Å². The molecule has 2 aliphatic rings. The average molecular weight is 385 g/mol. The fourth-order valence-electron chi connectivity index (χ4n) is 4.26. The average Bonchev–Trinajstić information content (AvgIpc) is 2.72. The quantitative estimate of drug-likeness (QED) is 0.751. The van der Waals surface area contributed by atoms with E-state index in [2.05, 4.69) is 0 Å². The highest BCUT2D eigenvalue weighted by molar-refractivity contribution is 5.98. The second kappa shape index (κ2) is 8.46. The maximum absolute atomic E-state index is 12.9. The Morgan fingerprint density at radius 3 is 1.82 bits per heavy atom. The van der Waals surface area contributed by atoms with Crippen molar-refractivity contribution >= 4 is 17.6 Å². The third-order valence-electron chi connectivity index (χ3n) is 6.01. The molecule has 2 aliphatic heterocycles. The molecular formula is C23H32N2O3. The maximum Gasteiger partial charge on any atom is 0.227 e. The second-order valence-corrected chi connectivity index (χ2v) is 9.15. The number of hydrogen-bond acceptors (Lipinski definition) is 3. The van der Waals surface area contributed by atoms with E-state index in [1.165, 1.54) is 0 Å². The molecule has 0 spiro atoms. The summed E-state index contributed by atoms with van der Waals surface area (Å²) in [5, 5.41) is 0. The minimum absolute atomic E-state index is 0.00499. The molecule has 28 heavy (non-hydrogen) atoms. The highest BCUT2D eigenvalue weighted by Crippen LogP contribution is 2.27. The molecule has 0 N–H and O–H groups in total. The van der Waals surface area contributed by atoms with Gasteiger partial charge >= 0.3 is 0 Å². The number of rotatable bonds is 3. The molecule has 5 heteroatoms. The van der Waals surface area contributed by atoms with Gasteiger partial charge in [-0.05, 0) is 25.7 Å². The lowest BCUT2D eigenvalue weighted by Gasteiger charge is -2.38. The molecule has 2 amide bonds. The smallest absolute Gasteiger partial charge is 0.227 e. The van der Waals surface area contributed by atoms with Crippen molar-refractivity contribution in [1.29, 1.82) is 0 Å². The van der Waals surface area contributed by atoms with Crippen LogP contribution in [0.25, 0.3) is 0 Å². The Kier molecular flexibility index (Phi) is 6.21. The number of nitrogens with zero attached hydrogens (tertiary/aromatic N) is 2. The van der Waals surface area contributed by atoms with Crippen molar-refractivity contribution in [2.45, 2.75) is 46.5 Å². The first kappa shape index (κ1) is 20.6. The molecule has 0 bridgehead atoms. The van der Waals surface area contributed by atoms with Crippen LogP contribution in [0, 0.1) is 17.3 Å². The Morgan fingerprint density at radius 1 is 0.786 bits per heavy atom. The van der Waals surface area contributed by atoms with Gasteiger partial charge in [-0.2, -0.15) is 0 Å². The van der Waals surface area contributed by atoms with Crippen molar-refractivity contribution in [3.63, 3.8) is 0 Å². The van der Waals surface area contributed by atoms with Gasteiger partial charge in [0.05, 0.1) is 0 Å². The van der Waals surface area contributed by atoms with Gasteiger partial charge in [0.25, 0.3) is 0 Å². The van der Waals surface area contributed by atoms with Crippen LogP contribution in [0.1, 0.15) is 56.8 Å². The first-order valence-corrected chi connectivity index (χ1v) is 10.4. The van der Waals surface area contributed by atoms with Gasteiger partial charge in [0.2, 0.25) is 11.8 Å². The summed E-state index contributed by atoms with van der Waals surface area (Å²) in [4.78, 5) is 41.8. The van der Waals surface area contributed by atoms with Crippen molar-refractivity contribution < 1.29 is 14.4 Å². The van der Waals surface area contributed by atoms with Crippen LogP contribution in [0.5, 0.6) is 0 Å². The fourth-order valence-corrected chi connectivity index (χ4v) is 4.26. The highest BCUT2D eigenvalue weighted by Gasteiger charge is 2.35. The molecule has 5 nitrogen and oxygen atoms in total. The van der Waals surface area contributed by atoms with Crippen LogP contribution in [0.2, 0.25) is 0 Å². The van der Waals surface area contributed by atoms with Crippen LogP contribution in [0.3, 0.4) is 0 Å². The third kappa shape index (κ3) is 4.62. The summed E-state index contributed by atoms with van der Waals surface area (Å²) in [5.41, 5.74) is 0.396. The molecule has 0 unspecified atom stereocenters. The zero-order valence-corrected chi connectivity index (χ0v) is 17.3. The summed E-state index contributed by atoms with van der Waals surface area (Å²) >= 11 is 0. The second-order valence-electron chi connectivity index (χ2n) is 9.15. The van der Waals surface area contributed by atoms with Crippen LogP contribution in [-0.2, 0) is 9.59 Å². The topological polar surface area (TPSA) is 57.7 Å². The van der Waals surface area contributed by atoms with E-state index < -0.39 is 0 Å². The summed E-state index contributed by atoms with van der Waals surface area (Å²) in [6.45, 7) is 8.45. The lowest BCUT2D eigenvalue weighted by molar-refractivity contribution is -0.145. The zero-order valence-electron chi connectivity index (χ0n) is 17.3. The molecule has 1 aromatic rings. The van der Waals surface area contributed by atoms with Gasteiger partial charge in [0, 0.05) is 49.0 Å². The van der Waals surface area contributed by atoms with Gasteiger partial charge in [-0.1, -0.05) is 51.1 Å². The number of Topliss-reactive ketones (excluding diaryl/α,β-unsaturated/α-hetero) is 1. The number of benzene rings is 1. The lowest BCUT2D eigenvalue weighted by atomic mass is 9.87. The molecule has 0 radical (unpaired) electrons. The number of likely N-dealkylation sites (tertiary alicyclic amines) is 2. The van der Waals surface area contributed by atoms with E-state index in [-0.39, 0.29) is 34.8 Å². The fraction of sp³-hybridized carbons (Fsp3) is 0.609. The minimum Gasteiger partial charge on any atom is -0.342 e. The standard InChI is InChI=1S/C23H32N2O3/c1-23(2,3)22(28)25-15-11-19(12-16-25)21(27)24-13-9-18(10-14-24)20(26)17-7-5-4-6-8-17/h4-8,18-19H,9-16H2,1-3H3. The summed E-state index contributed by atoms with van der Waals surface area (Å²) in [7, 11) is 0. The maximum atomic E-state index is 12.9. The molecule has 3 rings (SSSR count). The van der Waals surface area contributed by atoms with Gasteiger partial charge in [-0.15, -0.1) is 0 Å². The van der Waals surface area contributed by atoms with E-state index in [9.17, 15) is 14.4 Å². The highest BCUT2D eigenvalue weighted by atomic mass is 16.2. The number of amides is 2. The molecular weight excluding hydrogens is 352 g/mol. The molecule has 0 aliphatic carbocycles. The zero-order chi connectivity index (χ0) is 20.3. The number of hydrogen-bond donors (Lipinski definition) is 0. The molecule has 2 saturated heterocycles. The summed E-state index contributed by atoms with van der Waals surface area (Å²) in [5.74, 6) is 0.580. The first-order valence-electron chi connectivity index (χ1n) is 10.4. The Hall–Kier alpha value is -2.17. The Balaban J connectivity index is 1.48. The van der Waals surface area contributed by atoms with E-state index in [4.69, 9.17) is 0 Å². The van der Waals surface area contributed by atoms with E-state index in [0.29, 0.717) is 26.2 Å². The third-order valence-corrected chi connectivity index (χ3v) is 6.01. The van der Waals surface area contributed by atoms with Gasteiger partial charge in [0.15, 0.2) is 5.78 Å². The van der Waals surface area contributed by atoms with Crippen LogP contribution in [0.4, 0.5) is 0 Å².